The number of anilines is 5. The molecule has 0 aliphatic carbocycles. The lowest BCUT2D eigenvalue weighted by Gasteiger charge is -2.17. The maximum atomic E-state index is 13.0. The highest BCUT2D eigenvalue weighted by atomic mass is 16.5. The Balaban J connectivity index is 1.10. The van der Waals surface area contributed by atoms with Crippen LogP contribution < -0.4 is 16.0 Å². The van der Waals surface area contributed by atoms with E-state index in [0.29, 0.717) is 75.2 Å². The number of ether oxygens (including phenoxy) is 2. The SMILES string of the molecule is CN(Cc1ccccc1)C(=O)c1ccc(Nc2nc(NCCOCCOCCCC(=O)c3ccccc3)nc(Nc3ccc(O)cc3)n2)cc1. The second-order valence-electron chi connectivity index (χ2n) is 11.4. The van der Waals surface area contributed by atoms with E-state index in [1.165, 1.54) is 0 Å². The lowest BCUT2D eigenvalue weighted by molar-refractivity contribution is 0.0497. The number of carbonyl (C=O) groups excluding carboxylic acids is 2. The van der Waals surface area contributed by atoms with E-state index in [9.17, 15) is 14.7 Å². The van der Waals surface area contributed by atoms with Crippen molar-refractivity contribution in [3.63, 3.8) is 0 Å². The van der Waals surface area contributed by atoms with E-state index in [1.54, 1.807) is 60.5 Å². The van der Waals surface area contributed by atoms with Crippen LogP contribution in [-0.2, 0) is 16.0 Å². The van der Waals surface area contributed by atoms with Crippen molar-refractivity contribution >= 4 is 40.9 Å². The summed E-state index contributed by atoms with van der Waals surface area (Å²) in [6.45, 7) is 2.65. The molecule has 12 heteroatoms. The van der Waals surface area contributed by atoms with Gasteiger partial charge in [0.15, 0.2) is 5.78 Å². The number of aromatic hydroxyl groups is 1. The zero-order chi connectivity index (χ0) is 35.0. The van der Waals surface area contributed by atoms with Gasteiger partial charge in [-0.25, -0.2) is 0 Å². The molecule has 0 saturated carbocycles. The second-order valence-corrected chi connectivity index (χ2v) is 11.4. The molecule has 0 radical (unpaired) electrons. The van der Waals surface area contributed by atoms with Crippen LogP contribution in [0.5, 0.6) is 5.75 Å². The van der Waals surface area contributed by atoms with Gasteiger partial charge in [0, 0.05) is 55.7 Å². The Hall–Kier alpha value is -5.85. The van der Waals surface area contributed by atoms with Crippen LogP contribution in [0.1, 0.15) is 39.1 Å². The van der Waals surface area contributed by atoms with Crippen molar-refractivity contribution in [1.29, 1.82) is 0 Å². The van der Waals surface area contributed by atoms with Crippen LogP contribution in [0.4, 0.5) is 29.2 Å². The van der Waals surface area contributed by atoms with Gasteiger partial charge in [0.1, 0.15) is 5.75 Å². The Bertz CT molecular complexity index is 1790. The maximum Gasteiger partial charge on any atom is 0.253 e. The first kappa shape index (κ1) is 35.5. The molecular weight excluding hydrogens is 634 g/mol. The molecule has 258 valence electrons. The van der Waals surface area contributed by atoms with E-state index >= 15 is 0 Å². The lowest BCUT2D eigenvalue weighted by Crippen LogP contribution is -2.26. The van der Waals surface area contributed by atoms with E-state index in [2.05, 4.69) is 30.9 Å². The highest BCUT2D eigenvalue weighted by molar-refractivity contribution is 5.96. The van der Waals surface area contributed by atoms with Crippen molar-refractivity contribution in [2.45, 2.75) is 19.4 Å². The predicted octanol–water partition coefficient (Wildman–Crippen LogP) is 6.44. The maximum absolute atomic E-state index is 13.0. The number of aromatic nitrogens is 3. The van der Waals surface area contributed by atoms with Crippen LogP contribution in [0.3, 0.4) is 0 Å². The molecule has 0 unspecified atom stereocenters. The molecule has 0 bridgehead atoms. The summed E-state index contributed by atoms with van der Waals surface area (Å²) in [7, 11) is 1.78. The topological polar surface area (TPSA) is 151 Å². The van der Waals surface area contributed by atoms with Crippen molar-refractivity contribution in [2.24, 2.45) is 0 Å². The summed E-state index contributed by atoms with van der Waals surface area (Å²) in [5.74, 6) is 1.06. The van der Waals surface area contributed by atoms with Gasteiger partial charge >= 0.3 is 0 Å². The third-order valence-electron chi connectivity index (χ3n) is 7.45. The van der Waals surface area contributed by atoms with Gasteiger partial charge in [-0.15, -0.1) is 0 Å². The summed E-state index contributed by atoms with van der Waals surface area (Å²) in [5.41, 5.74) is 3.70. The molecule has 0 aliphatic rings. The van der Waals surface area contributed by atoms with Gasteiger partial charge in [0.05, 0.1) is 19.8 Å². The van der Waals surface area contributed by atoms with Crippen molar-refractivity contribution in [3.8, 4) is 5.75 Å². The van der Waals surface area contributed by atoms with Crippen LogP contribution in [-0.4, -0.2) is 76.7 Å². The fourth-order valence-corrected chi connectivity index (χ4v) is 4.88. The molecule has 12 nitrogen and oxygen atoms in total. The average molecular weight is 676 g/mol. The number of ketones is 1. The number of phenolic OH excluding ortho intramolecular Hbond substituents is 1. The van der Waals surface area contributed by atoms with Crippen LogP contribution in [0.2, 0.25) is 0 Å². The number of hydrogen-bond donors (Lipinski definition) is 4. The Kier molecular flexibility index (Phi) is 13.2. The quantitative estimate of drug-likeness (QED) is 0.0435. The zero-order valence-electron chi connectivity index (χ0n) is 27.9. The molecule has 0 spiro atoms. The number of nitrogens with one attached hydrogen (secondary N) is 3. The highest BCUT2D eigenvalue weighted by Gasteiger charge is 2.13. The largest absolute Gasteiger partial charge is 0.508 e. The molecule has 0 atom stereocenters. The van der Waals surface area contributed by atoms with Gasteiger partial charge < -0.3 is 35.4 Å². The number of phenols is 1. The number of rotatable bonds is 19. The zero-order valence-corrected chi connectivity index (χ0v) is 27.9. The van der Waals surface area contributed by atoms with E-state index in [-0.39, 0.29) is 29.3 Å². The van der Waals surface area contributed by atoms with Crippen LogP contribution in [0.25, 0.3) is 0 Å². The van der Waals surface area contributed by atoms with Crippen LogP contribution in [0, 0.1) is 0 Å². The molecule has 1 aromatic heterocycles. The van der Waals surface area contributed by atoms with Gasteiger partial charge in [-0.3, -0.25) is 9.59 Å². The number of benzene rings is 4. The van der Waals surface area contributed by atoms with E-state index in [4.69, 9.17) is 9.47 Å². The van der Waals surface area contributed by atoms with Gasteiger partial charge in [-0.1, -0.05) is 60.7 Å². The summed E-state index contributed by atoms with van der Waals surface area (Å²) in [6, 6.07) is 32.7. The summed E-state index contributed by atoms with van der Waals surface area (Å²) in [6.07, 6.45) is 1.10. The van der Waals surface area contributed by atoms with Gasteiger partial charge in [0.25, 0.3) is 5.91 Å². The van der Waals surface area contributed by atoms with E-state index in [0.717, 1.165) is 11.1 Å². The molecule has 5 rings (SSSR count). The average Bonchev–Trinajstić information content (AvgIpc) is 3.14. The minimum atomic E-state index is -0.0865. The standard InChI is InChI=1S/C38H41N7O5/c1-45(27-28-9-4-2-5-10-28)35(48)30-14-16-31(17-15-30)40-37-42-36(43-38(44-37)41-32-18-20-33(46)21-19-32)39-22-24-50-26-25-49-23-8-13-34(47)29-11-6-3-7-12-29/h2-7,9-12,14-21,46H,8,13,22-27H2,1H3,(H3,39,40,41,42,43,44). The molecule has 50 heavy (non-hydrogen) atoms. The minimum Gasteiger partial charge on any atom is -0.508 e. The number of hydrogen-bond acceptors (Lipinski definition) is 11. The number of nitrogens with zero attached hydrogens (tertiary/aromatic N) is 4. The molecule has 4 N–H and O–H groups in total. The first-order valence-corrected chi connectivity index (χ1v) is 16.4. The fraction of sp³-hybridized carbons (Fsp3) is 0.237. The number of Topliss-reactive ketones (excluding diaryl/α,β-unsaturated/α-hetero) is 1. The fourth-order valence-electron chi connectivity index (χ4n) is 4.88. The monoisotopic (exact) mass is 675 g/mol. The van der Waals surface area contributed by atoms with Gasteiger partial charge in [-0.05, 0) is 60.5 Å². The van der Waals surface area contributed by atoms with Crippen LogP contribution in [0.15, 0.2) is 109 Å². The minimum absolute atomic E-state index is 0.0865. The Morgan fingerprint density at radius 1 is 0.660 bits per heavy atom. The molecule has 1 amide bonds. The number of amides is 1. The normalized spacial score (nSPS) is 10.7. The van der Waals surface area contributed by atoms with Gasteiger partial charge in [-0.2, -0.15) is 15.0 Å². The second kappa shape index (κ2) is 18.6. The summed E-state index contributed by atoms with van der Waals surface area (Å²) in [4.78, 5) is 40.4. The third-order valence-corrected chi connectivity index (χ3v) is 7.45. The van der Waals surface area contributed by atoms with Crippen LogP contribution >= 0.6 is 0 Å². The Morgan fingerprint density at radius 3 is 1.86 bits per heavy atom. The molecule has 5 aromatic rings. The van der Waals surface area contributed by atoms with E-state index < -0.39 is 0 Å². The predicted molar refractivity (Wildman–Crippen MR) is 193 cm³/mol. The first-order chi connectivity index (χ1) is 24.4. The summed E-state index contributed by atoms with van der Waals surface area (Å²) in [5, 5.41) is 19.1. The Labute approximate surface area is 291 Å². The van der Waals surface area contributed by atoms with E-state index in [1.807, 2.05) is 60.7 Å². The van der Waals surface area contributed by atoms with Crippen molar-refractivity contribution in [2.75, 3.05) is 56.0 Å². The smallest absolute Gasteiger partial charge is 0.253 e. The van der Waals surface area contributed by atoms with Crippen molar-refractivity contribution in [3.05, 3.63) is 126 Å². The highest BCUT2D eigenvalue weighted by Crippen LogP contribution is 2.21. The lowest BCUT2D eigenvalue weighted by atomic mass is 10.1. The molecule has 0 saturated heterocycles. The molecule has 1 heterocycles. The van der Waals surface area contributed by atoms with Crippen molar-refractivity contribution < 1.29 is 24.2 Å². The summed E-state index contributed by atoms with van der Waals surface area (Å²) < 4.78 is 11.3. The molecule has 0 fully saturated rings. The molecule has 4 aromatic carbocycles. The summed E-state index contributed by atoms with van der Waals surface area (Å²) >= 11 is 0. The van der Waals surface area contributed by atoms with Gasteiger partial charge in [0.2, 0.25) is 17.8 Å². The molecular formula is C38H41N7O5. The number of carbonyl (C=O) groups is 2. The van der Waals surface area contributed by atoms with Crippen molar-refractivity contribution in [1.82, 2.24) is 19.9 Å². The molecule has 0 aliphatic heterocycles. The first-order valence-electron chi connectivity index (χ1n) is 16.4. The third kappa shape index (κ3) is 11.4. The Morgan fingerprint density at radius 2 is 1.22 bits per heavy atom.